The molecule has 0 radical (unpaired) electrons. The maximum atomic E-state index is 11.1. The second-order valence-electron chi connectivity index (χ2n) is 5.23. The highest BCUT2D eigenvalue weighted by Gasteiger charge is 2.31. The summed E-state index contributed by atoms with van der Waals surface area (Å²) in [7, 11) is 0. The summed E-state index contributed by atoms with van der Waals surface area (Å²) in [5, 5.41) is 12.1. The predicted molar refractivity (Wildman–Crippen MR) is 64.7 cm³/mol. The molecule has 0 bridgehead atoms. The van der Waals surface area contributed by atoms with Crippen LogP contribution in [-0.4, -0.2) is 35.4 Å². The van der Waals surface area contributed by atoms with Gasteiger partial charge in [0.25, 0.3) is 0 Å². The minimum atomic E-state index is -0.837. The molecular formula is C12H25NO3. The molecule has 0 heterocycles. The lowest BCUT2D eigenvalue weighted by atomic mass is 9.96. The number of hydrogen-bond donors (Lipinski definition) is 2. The average Bonchev–Trinajstić information content (AvgIpc) is 2.11. The van der Waals surface area contributed by atoms with Gasteiger partial charge in [-0.1, -0.05) is 6.92 Å². The van der Waals surface area contributed by atoms with Crippen LogP contribution >= 0.6 is 0 Å². The van der Waals surface area contributed by atoms with E-state index < -0.39 is 11.5 Å². The van der Waals surface area contributed by atoms with Gasteiger partial charge in [0.15, 0.2) is 0 Å². The van der Waals surface area contributed by atoms with E-state index in [0.717, 1.165) is 6.42 Å². The summed E-state index contributed by atoms with van der Waals surface area (Å²) in [6.45, 7) is 10.9. The molecule has 0 aromatic heterocycles. The van der Waals surface area contributed by atoms with Gasteiger partial charge in [0.2, 0.25) is 0 Å². The SMILES string of the molecule is CCNC(C)(CCCOC(C)(C)C)C(=O)O. The van der Waals surface area contributed by atoms with Crippen molar-refractivity contribution in [3.05, 3.63) is 0 Å². The van der Waals surface area contributed by atoms with Gasteiger partial charge in [-0.2, -0.15) is 0 Å². The number of hydrogen-bond acceptors (Lipinski definition) is 3. The first-order chi connectivity index (χ1) is 7.21. The molecule has 0 aromatic carbocycles. The van der Waals surface area contributed by atoms with Gasteiger partial charge in [-0.15, -0.1) is 0 Å². The van der Waals surface area contributed by atoms with Crippen molar-refractivity contribution in [2.45, 2.75) is 58.6 Å². The van der Waals surface area contributed by atoms with Crippen LogP contribution in [0.3, 0.4) is 0 Å². The van der Waals surface area contributed by atoms with E-state index in [0.29, 0.717) is 19.6 Å². The summed E-state index contributed by atoms with van der Waals surface area (Å²) in [4.78, 5) is 11.1. The van der Waals surface area contributed by atoms with Crippen LogP contribution < -0.4 is 5.32 Å². The summed E-state index contributed by atoms with van der Waals surface area (Å²) in [5.74, 6) is -0.801. The van der Waals surface area contributed by atoms with Crippen LogP contribution in [0.25, 0.3) is 0 Å². The topological polar surface area (TPSA) is 58.6 Å². The monoisotopic (exact) mass is 231 g/mol. The van der Waals surface area contributed by atoms with Gasteiger partial charge in [0.1, 0.15) is 5.54 Å². The van der Waals surface area contributed by atoms with Crippen molar-refractivity contribution < 1.29 is 14.6 Å². The predicted octanol–water partition coefficient (Wildman–Crippen LogP) is 2.03. The molecule has 0 saturated carbocycles. The fourth-order valence-corrected chi connectivity index (χ4v) is 1.47. The van der Waals surface area contributed by atoms with E-state index in [-0.39, 0.29) is 5.60 Å². The Bertz CT molecular complexity index is 223. The van der Waals surface area contributed by atoms with E-state index in [9.17, 15) is 4.79 Å². The van der Waals surface area contributed by atoms with Gasteiger partial charge in [-0.3, -0.25) is 4.79 Å². The first-order valence-electron chi connectivity index (χ1n) is 5.83. The van der Waals surface area contributed by atoms with Gasteiger partial charge >= 0.3 is 5.97 Å². The molecule has 0 aromatic rings. The van der Waals surface area contributed by atoms with E-state index in [2.05, 4.69) is 5.32 Å². The number of aliphatic carboxylic acids is 1. The highest BCUT2D eigenvalue weighted by atomic mass is 16.5. The van der Waals surface area contributed by atoms with Crippen molar-refractivity contribution in [3.8, 4) is 0 Å². The molecule has 1 unspecified atom stereocenters. The molecule has 0 aliphatic carbocycles. The van der Waals surface area contributed by atoms with Crippen LogP contribution in [0.5, 0.6) is 0 Å². The van der Waals surface area contributed by atoms with Crippen LogP contribution in [0.15, 0.2) is 0 Å². The van der Waals surface area contributed by atoms with Crippen molar-refractivity contribution in [1.29, 1.82) is 0 Å². The van der Waals surface area contributed by atoms with Crippen LogP contribution in [0.4, 0.5) is 0 Å². The Labute approximate surface area is 98.4 Å². The number of carboxylic acids is 1. The molecule has 0 saturated heterocycles. The van der Waals surface area contributed by atoms with Crippen molar-refractivity contribution in [3.63, 3.8) is 0 Å². The number of likely N-dealkylation sites (N-methyl/N-ethyl adjacent to an activating group) is 1. The number of ether oxygens (including phenoxy) is 1. The summed E-state index contributed by atoms with van der Waals surface area (Å²) < 4.78 is 5.56. The van der Waals surface area contributed by atoms with E-state index in [1.807, 2.05) is 27.7 Å². The first kappa shape index (κ1) is 15.4. The summed E-state index contributed by atoms with van der Waals surface area (Å²) in [5.41, 5.74) is -0.992. The van der Waals surface area contributed by atoms with Crippen molar-refractivity contribution in [2.24, 2.45) is 0 Å². The molecule has 1 atom stereocenters. The zero-order chi connectivity index (χ0) is 12.8. The smallest absolute Gasteiger partial charge is 0.323 e. The molecule has 0 spiro atoms. The maximum Gasteiger partial charge on any atom is 0.323 e. The highest BCUT2D eigenvalue weighted by molar-refractivity contribution is 5.78. The van der Waals surface area contributed by atoms with E-state index in [1.54, 1.807) is 6.92 Å². The standard InChI is InChI=1S/C12H25NO3/c1-6-13-12(5,10(14)15)8-7-9-16-11(2,3)4/h13H,6-9H2,1-5H3,(H,14,15). The fourth-order valence-electron chi connectivity index (χ4n) is 1.47. The Balaban J connectivity index is 4.00. The van der Waals surface area contributed by atoms with E-state index in [4.69, 9.17) is 9.84 Å². The Kier molecular flexibility index (Phi) is 5.97. The number of rotatable bonds is 7. The lowest BCUT2D eigenvalue weighted by Gasteiger charge is -2.26. The van der Waals surface area contributed by atoms with Gasteiger partial charge in [-0.05, 0) is 47.1 Å². The molecule has 96 valence electrons. The van der Waals surface area contributed by atoms with Gasteiger partial charge < -0.3 is 15.2 Å². The molecule has 0 fully saturated rings. The van der Waals surface area contributed by atoms with Crippen molar-refractivity contribution in [1.82, 2.24) is 5.32 Å². The minimum Gasteiger partial charge on any atom is -0.480 e. The Morgan fingerprint density at radius 2 is 1.88 bits per heavy atom. The second-order valence-corrected chi connectivity index (χ2v) is 5.23. The van der Waals surface area contributed by atoms with Gasteiger partial charge in [-0.25, -0.2) is 0 Å². The third-order valence-corrected chi connectivity index (χ3v) is 2.40. The van der Waals surface area contributed by atoms with Crippen molar-refractivity contribution in [2.75, 3.05) is 13.2 Å². The molecule has 0 amide bonds. The minimum absolute atomic E-state index is 0.155. The van der Waals surface area contributed by atoms with Crippen LogP contribution in [0.2, 0.25) is 0 Å². The molecule has 16 heavy (non-hydrogen) atoms. The zero-order valence-electron chi connectivity index (χ0n) is 11.1. The normalized spacial score (nSPS) is 15.8. The highest BCUT2D eigenvalue weighted by Crippen LogP contribution is 2.14. The molecule has 4 heteroatoms. The van der Waals surface area contributed by atoms with E-state index >= 15 is 0 Å². The lowest BCUT2D eigenvalue weighted by molar-refractivity contribution is -0.144. The Hall–Kier alpha value is -0.610. The fraction of sp³-hybridized carbons (Fsp3) is 0.917. The number of carbonyl (C=O) groups is 1. The molecule has 2 N–H and O–H groups in total. The summed E-state index contributed by atoms with van der Waals surface area (Å²) in [6, 6.07) is 0. The third-order valence-electron chi connectivity index (χ3n) is 2.40. The van der Waals surface area contributed by atoms with Gasteiger partial charge in [0, 0.05) is 6.61 Å². The Morgan fingerprint density at radius 1 is 1.31 bits per heavy atom. The zero-order valence-corrected chi connectivity index (χ0v) is 11.1. The maximum absolute atomic E-state index is 11.1. The molecular weight excluding hydrogens is 206 g/mol. The summed E-state index contributed by atoms with van der Waals surface area (Å²) in [6.07, 6.45) is 1.32. The van der Waals surface area contributed by atoms with Crippen molar-refractivity contribution >= 4 is 5.97 Å². The molecule has 0 aliphatic rings. The average molecular weight is 231 g/mol. The van der Waals surface area contributed by atoms with Crippen LogP contribution in [-0.2, 0) is 9.53 Å². The largest absolute Gasteiger partial charge is 0.480 e. The van der Waals surface area contributed by atoms with E-state index in [1.165, 1.54) is 0 Å². The van der Waals surface area contributed by atoms with Crippen LogP contribution in [0, 0.1) is 0 Å². The molecule has 4 nitrogen and oxygen atoms in total. The van der Waals surface area contributed by atoms with Crippen LogP contribution in [0.1, 0.15) is 47.5 Å². The quantitative estimate of drug-likeness (QED) is 0.658. The van der Waals surface area contributed by atoms with Gasteiger partial charge in [0.05, 0.1) is 5.60 Å². The number of nitrogens with one attached hydrogen (secondary N) is 1. The summed E-state index contributed by atoms with van der Waals surface area (Å²) >= 11 is 0. The number of carboxylic acid groups (broad SMARTS) is 1. The molecule has 0 rings (SSSR count). The third kappa shape index (κ3) is 6.08. The Morgan fingerprint density at radius 3 is 2.25 bits per heavy atom. The first-order valence-corrected chi connectivity index (χ1v) is 5.83. The molecule has 0 aliphatic heterocycles. The second kappa shape index (κ2) is 6.21. The lowest BCUT2D eigenvalue weighted by Crippen LogP contribution is -2.49.